The zero-order chi connectivity index (χ0) is 14.2. The van der Waals surface area contributed by atoms with Crippen LogP contribution in [-0.4, -0.2) is 41.9 Å². The van der Waals surface area contributed by atoms with E-state index in [0.29, 0.717) is 18.7 Å². The average molecular weight is 274 g/mol. The standard InChI is InChI=1S/C15H18N2O3/c18-8-2-1-4-12-6-7-14(16-10-12)15(19)17-11-13-5-3-9-20-13/h6-7,10,13,18H,2-3,5,8-9,11H2,(H,17,19). The summed E-state index contributed by atoms with van der Waals surface area (Å²) < 4.78 is 5.44. The first-order chi connectivity index (χ1) is 9.79. The molecule has 2 N–H and O–H groups in total. The molecule has 1 saturated heterocycles. The van der Waals surface area contributed by atoms with E-state index in [2.05, 4.69) is 22.1 Å². The van der Waals surface area contributed by atoms with Gasteiger partial charge in [0.1, 0.15) is 5.69 Å². The monoisotopic (exact) mass is 274 g/mol. The molecule has 0 saturated carbocycles. The Bertz CT molecular complexity index is 496. The fourth-order valence-electron chi connectivity index (χ4n) is 1.93. The summed E-state index contributed by atoms with van der Waals surface area (Å²) >= 11 is 0. The molecule has 0 radical (unpaired) electrons. The van der Waals surface area contributed by atoms with Gasteiger partial charge in [0.15, 0.2) is 0 Å². The molecule has 1 aliphatic rings. The van der Waals surface area contributed by atoms with E-state index in [4.69, 9.17) is 9.84 Å². The Kier molecular flexibility index (Phi) is 5.54. The number of carbonyl (C=O) groups excluding carboxylic acids is 1. The number of amides is 1. The predicted octanol–water partition coefficient (Wildman–Crippen LogP) is 0.724. The Morgan fingerprint density at radius 3 is 3.10 bits per heavy atom. The van der Waals surface area contributed by atoms with Crippen LogP contribution in [0.25, 0.3) is 0 Å². The van der Waals surface area contributed by atoms with Crippen molar-refractivity contribution in [3.05, 3.63) is 29.6 Å². The second kappa shape index (κ2) is 7.63. The molecular weight excluding hydrogens is 256 g/mol. The van der Waals surface area contributed by atoms with E-state index in [1.54, 1.807) is 18.3 Å². The van der Waals surface area contributed by atoms with E-state index >= 15 is 0 Å². The largest absolute Gasteiger partial charge is 0.395 e. The molecule has 1 amide bonds. The number of rotatable bonds is 4. The van der Waals surface area contributed by atoms with Crippen LogP contribution in [0.15, 0.2) is 18.3 Å². The van der Waals surface area contributed by atoms with Crippen LogP contribution in [0.2, 0.25) is 0 Å². The van der Waals surface area contributed by atoms with Gasteiger partial charge in [-0.3, -0.25) is 4.79 Å². The predicted molar refractivity (Wildman–Crippen MR) is 74.1 cm³/mol. The minimum atomic E-state index is -0.199. The number of aliphatic hydroxyl groups is 1. The molecule has 0 aromatic carbocycles. The van der Waals surface area contributed by atoms with Crippen molar-refractivity contribution in [3.63, 3.8) is 0 Å². The number of pyridine rings is 1. The normalized spacial score (nSPS) is 17.4. The van der Waals surface area contributed by atoms with Crippen molar-refractivity contribution in [1.29, 1.82) is 0 Å². The minimum Gasteiger partial charge on any atom is -0.395 e. The number of hydrogen-bond donors (Lipinski definition) is 2. The lowest BCUT2D eigenvalue weighted by molar-refractivity contribution is 0.0853. The fraction of sp³-hybridized carbons (Fsp3) is 0.467. The van der Waals surface area contributed by atoms with Gasteiger partial charge in [-0.15, -0.1) is 0 Å². The van der Waals surface area contributed by atoms with Crippen LogP contribution in [0, 0.1) is 11.8 Å². The molecule has 106 valence electrons. The van der Waals surface area contributed by atoms with Crippen molar-refractivity contribution in [1.82, 2.24) is 10.3 Å². The topological polar surface area (TPSA) is 71.5 Å². The van der Waals surface area contributed by atoms with Gasteiger partial charge in [0.2, 0.25) is 0 Å². The van der Waals surface area contributed by atoms with Gasteiger partial charge in [-0.1, -0.05) is 11.8 Å². The van der Waals surface area contributed by atoms with Gasteiger partial charge in [-0.25, -0.2) is 4.98 Å². The molecule has 1 aromatic rings. The Morgan fingerprint density at radius 1 is 1.55 bits per heavy atom. The summed E-state index contributed by atoms with van der Waals surface area (Å²) in [6.45, 7) is 1.35. The molecule has 1 aliphatic heterocycles. The summed E-state index contributed by atoms with van der Waals surface area (Å²) in [6, 6.07) is 3.39. The van der Waals surface area contributed by atoms with Crippen LogP contribution in [-0.2, 0) is 4.74 Å². The Hall–Kier alpha value is -1.90. The average Bonchev–Trinajstić information content (AvgIpc) is 2.99. The SMILES string of the molecule is O=C(NCC1CCCO1)c1ccc(C#CCCO)cn1. The Morgan fingerprint density at radius 2 is 2.45 bits per heavy atom. The number of aromatic nitrogens is 1. The van der Waals surface area contributed by atoms with Gasteiger partial charge in [0, 0.05) is 31.3 Å². The third kappa shape index (κ3) is 4.34. The van der Waals surface area contributed by atoms with Crippen LogP contribution in [0.1, 0.15) is 35.3 Å². The maximum Gasteiger partial charge on any atom is 0.269 e. The van der Waals surface area contributed by atoms with Crippen molar-refractivity contribution in [2.75, 3.05) is 19.8 Å². The molecular formula is C15H18N2O3. The highest BCUT2D eigenvalue weighted by Crippen LogP contribution is 2.10. The van der Waals surface area contributed by atoms with E-state index < -0.39 is 0 Å². The smallest absolute Gasteiger partial charge is 0.269 e. The first-order valence-electron chi connectivity index (χ1n) is 6.75. The lowest BCUT2D eigenvalue weighted by atomic mass is 10.2. The van der Waals surface area contributed by atoms with Crippen molar-refractivity contribution in [3.8, 4) is 11.8 Å². The number of aliphatic hydroxyl groups excluding tert-OH is 1. The molecule has 1 atom stereocenters. The van der Waals surface area contributed by atoms with Crippen molar-refractivity contribution >= 4 is 5.91 Å². The zero-order valence-electron chi connectivity index (χ0n) is 11.3. The van der Waals surface area contributed by atoms with Crippen LogP contribution in [0.4, 0.5) is 0 Å². The van der Waals surface area contributed by atoms with Gasteiger partial charge in [-0.2, -0.15) is 0 Å². The molecule has 1 unspecified atom stereocenters. The van der Waals surface area contributed by atoms with Crippen LogP contribution in [0.5, 0.6) is 0 Å². The minimum absolute atomic E-state index is 0.0458. The molecule has 0 bridgehead atoms. The first-order valence-corrected chi connectivity index (χ1v) is 6.75. The summed E-state index contributed by atoms with van der Waals surface area (Å²) in [5.41, 5.74) is 1.10. The number of ether oxygens (including phenoxy) is 1. The number of hydrogen-bond acceptors (Lipinski definition) is 4. The number of carbonyl (C=O) groups is 1. The van der Waals surface area contributed by atoms with Gasteiger partial charge >= 0.3 is 0 Å². The number of nitrogens with one attached hydrogen (secondary N) is 1. The second-order valence-corrected chi connectivity index (χ2v) is 4.55. The van der Waals surface area contributed by atoms with E-state index in [-0.39, 0.29) is 18.6 Å². The molecule has 20 heavy (non-hydrogen) atoms. The molecule has 0 aliphatic carbocycles. The van der Waals surface area contributed by atoms with Crippen LogP contribution in [0.3, 0.4) is 0 Å². The molecule has 1 aromatic heterocycles. The highest BCUT2D eigenvalue weighted by molar-refractivity contribution is 5.92. The third-order valence-electron chi connectivity index (χ3n) is 2.98. The summed E-state index contributed by atoms with van der Waals surface area (Å²) in [7, 11) is 0. The van der Waals surface area contributed by atoms with Crippen molar-refractivity contribution in [2.24, 2.45) is 0 Å². The summed E-state index contributed by atoms with van der Waals surface area (Å²) in [5, 5.41) is 11.4. The molecule has 5 heteroatoms. The molecule has 2 heterocycles. The second-order valence-electron chi connectivity index (χ2n) is 4.55. The summed E-state index contributed by atoms with van der Waals surface area (Å²) in [4.78, 5) is 16.0. The van der Waals surface area contributed by atoms with E-state index in [9.17, 15) is 4.79 Å². The van der Waals surface area contributed by atoms with E-state index in [0.717, 1.165) is 25.0 Å². The zero-order valence-corrected chi connectivity index (χ0v) is 11.3. The lowest BCUT2D eigenvalue weighted by Gasteiger charge is -2.10. The van der Waals surface area contributed by atoms with Gasteiger partial charge in [-0.05, 0) is 25.0 Å². The Labute approximate surface area is 118 Å². The van der Waals surface area contributed by atoms with Crippen molar-refractivity contribution in [2.45, 2.75) is 25.4 Å². The number of nitrogens with zero attached hydrogens (tertiary/aromatic N) is 1. The highest BCUT2D eigenvalue weighted by atomic mass is 16.5. The van der Waals surface area contributed by atoms with Gasteiger partial charge in [0.25, 0.3) is 5.91 Å². The Balaban J connectivity index is 1.85. The first kappa shape index (κ1) is 14.5. The maximum atomic E-state index is 11.9. The van der Waals surface area contributed by atoms with Gasteiger partial charge < -0.3 is 15.2 Å². The summed E-state index contributed by atoms with van der Waals surface area (Å²) in [5.74, 6) is 5.47. The summed E-state index contributed by atoms with van der Waals surface area (Å²) in [6.07, 6.45) is 4.17. The molecule has 2 rings (SSSR count). The molecule has 5 nitrogen and oxygen atoms in total. The molecule has 0 spiro atoms. The van der Waals surface area contributed by atoms with Crippen molar-refractivity contribution < 1.29 is 14.6 Å². The van der Waals surface area contributed by atoms with Crippen LogP contribution >= 0.6 is 0 Å². The fourth-order valence-corrected chi connectivity index (χ4v) is 1.93. The quantitative estimate of drug-likeness (QED) is 0.794. The maximum absolute atomic E-state index is 11.9. The van der Waals surface area contributed by atoms with Gasteiger partial charge in [0.05, 0.1) is 12.7 Å². The van der Waals surface area contributed by atoms with Crippen LogP contribution < -0.4 is 5.32 Å². The lowest BCUT2D eigenvalue weighted by Crippen LogP contribution is -2.32. The van der Waals surface area contributed by atoms with E-state index in [1.807, 2.05) is 0 Å². The highest BCUT2D eigenvalue weighted by Gasteiger charge is 2.16. The van der Waals surface area contributed by atoms with E-state index in [1.165, 1.54) is 0 Å². The third-order valence-corrected chi connectivity index (χ3v) is 2.98. The molecule has 1 fully saturated rings.